The number of piperidine rings is 1. The van der Waals surface area contributed by atoms with E-state index >= 15 is 0 Å². The molecule has 1 amide bonds. The molecule has 4 heterocycles. The van der Waals surface area contributed by atoms with Crippen molar-refractivity contribution in [3.8, 4) is 11.4 Å². The molecule has 2 atom stereocenters. The number of imidazole rings is 1. The van der Waals surface area contributed by atoms with Gasteiger partial charge in [0.25, 0.3) is 5.56 Å². The van der Waals surface area contributed by atoms with Crippen molar-refractivity contribution in [3.63, 3.8) is 0 Å². The van der Waals surface area contributed by atoms with Gasteiger partial charge in [-0.15, -0.1) is 0 Å². The maximum atomic E-state index is 13.0. The van der Waals surface area contributed by atoms with Gasteiger partial charge in [-0.05, 0) is 42.2 Å². The number of hydrogen-bond donors (Lipinski definition) is 1. The van der Waals surface area contributed by atoms with Crippen molar-refractivity contribution in [2.75, 3.05) is 13.1 Å². The standard InChI is InChI=1S/C22H21ClN4O2/c23-17-3-1-14(2-4-17)10-20(28)26-11-15-9-16(13-26)19-6-5-18(21-24-7-8-25-21)22(29)27(19)12-15/h1-8,15-16H,9-13H2,(H,24,25)/t15-,16+/m0/s1. The third-order valence-corrected chi connectivity index (χ3v) is 6.23. The van der Waals surface area contributed by atoms with Crippen LogP contribution in [0.1, 0.15) is 23.6 Å². The Balaban J connectivity index is 1.38. The van der Waals surface area contributed by atoms with Crippen molar-refractivity contribution in [1.29, 1.82) is 0 Å². The average Bonchev–Trinajstić information content (AvgIpc) is 3.25. The molecule has 148 valence electrons. The summed E-state index contributed by atoms with van der Waals surface area (Å²) < 4.78 is 1.89. The van der Waals surface area contributed by atoms with Gasteiger partial charge in [0, 0.05) is 48.7 Å². The molecule has 1 aromatic carbocycles. The van der Waals surface area contributed by atoms with E-state index in [4.69, 9.17) is 11.6 Å². The Morgan fingerprint density at radius 3 is 2.72 bits per heavy atom. The van der Waals surface area contributed by atoms with E-state index in [9.17, 15) is 9.59 Å². The van der Waals surface area contributed by atoms with Gasteiger partial charge in [0.2, 0.25) is 5.91 Å². The van der Waals surface area contributed by atoms with E-state index < -0.39 is 0 Å². The van der Waals surface area contributed by atoms with Gasteiger partial charge in [-0.1, -0.05) is 23.7 Å². The molecular formula is C22H21ClN4O2. The van der Waals surface area contributed by atoms with Crippen LogP contribution in [0.4, 0.5) is 0 Å². The molecule has 29 heavy (non-hydrogen) atoms. The number of halogens is 1. The summed E-state index contributed by atoms with van der Waals surface area (Å²) in [6, 6.07) is 11.3. The molecule has 0 saturated carbocycles. The van der Waals surface area contributed by atoms with E-state index in [-0.39, 0.29) is 17.4 Å². The van der Waals surface area contributed by atoms with Gasteiger partial charge in [-0.2, -0.15) is 0 Å². The molecule has 0 unspecified atom stereocenters. The molecule has 6 nitrogen and oxygen atoms in total. The van der Waals surface area contributed by atoms with Crippen molar-refractivity contribution in [3.05, 3.63) is 75.4 Å². The topological polar surface area (TPSA) is 71.0 Å². The number of likely N-dealkylation sites (tertiary alicyclic amines) is 1. The first-order chi connectivity index (χ1) is 14.1. The van der Waals surface area contributed by atoms with E-state index in [0.717, 1.165) is 17.7 Å². The minimum Gasteiger partial charge on any atom is -0.344 e. The number of rotatable bonds is 3. The molecule has 2 aliphatic rings. The summed E-state index contributed by atoms with van der Waals surface area (Å²) in [6.45, 7) is 1.99. The number of carbonyl (C=O) groups excluding carboxylic acids is 1. The highest BCUT2D eigenvalue weighted by Gasteiger charge is 2.36. The van der Waals surface area contributed by atoms with Crippen molar-refractivity contribution < 1.29 is 4.79 Å². The van der Waals surface area contributed by atoms with Crippen LogP contribution in [0, 0.1) is 5.92 Å². The predicted octanol–water partition coefficient (Wildman–Crippen LogP) is 3.08. The Hall–Kier alpha value is -2.86. The highest BCUT2D eigenvalue weighted by molar-refractivity contribution is 6.30. The summed E-state index contributed by atoms with van der Waals surface area (Å²) in [6.07, 6.45) is 4.76. The smallest absolute Gasteiger partial charge is 0.261 e. The number of fused-ring (bicyclic) bond motifs is 4. The van der Waals surface area contributed by atoms with Gasteiger partial charge in [-0.25, -0.2) is 4.98 Å². The summed E-state index contributed by atoms with van der Waals surface area (Å²) in [5, 5.41) is 0.671. The Morgan fingerprint density at radius 1 is 1.14 bits per heavy atom. The number of H-pyrrole nitrogens is 1. The Labute approximate surface area is 173 Å². The van der Waals surface area contributed by atoms with Crippen LogP contribution in [-0.2, 0) is 17.8 Å². The minimum atomic E-state index is -0.00640. The van der Waals surface area contributed by atoms with Crippen molar-refractivity contribution >= 4 is 17.5 Å². The second-order valence-electron chi connectivity index (χ2n) is 7.93. The van der Waals surface area contributed by atoms with Crippen molar-refractivity contribution in [2.24, 2.45) is 5.92 Å². The first-order valence-electron chi connectivity index (χ1n) is 9.84. The number of nitrogens with one attached hydrogen (secondary N) is 1. The molecule has 0 radical (unpaired) electrons. The van der Waals surface area contributed by atoms with Gasteiger partial charge in [0.15, 0.2) is 0 Å². The number of aromatic nitrogens is 3. The second-order valence-corrected chi connectivity index (χ2v) is 8.36. The highest BCUT2D eigenvalue weighted by Crippen LogP contribution is 2.35. The fraction of sp³-hybridized carbons (Fsp3) is 0.318. The molecule has 2 aromatic heterocycles. The molecule has 2 aliphatic heterocycles. The van der Waals surface area contributed by atoms with Gasteiger partial charge in [-0.3, -0.25) is 9.59 Å². The quantitative estimate of drug-likeness (QED) is 0.724. The number of nitrogens with zero attached hydrogens (tertiary/aromatic N) is 3. The summed E-state index contributed by atoms with van der Waals surface area (Å²) in [4.78, 5) is 35.1. The largest absolute Gasteiger partial charge is 0.344 e. The van der Waals surface area contributed by atoms with Crippen molar-refractivity contribution in [2.45, 2.75) is 25.3 Å². The Morgan fingerprint density at radius 2 is 1.97 bits per heavy atom. The molecule has 7 heteroatoms. The molecule has 1 saturated heterocycles. The minimum absolute atomic E-state index is 0.00640. The number of carbonyl (C=O) groups is 1. The third-order valence-electron chi connectivity index (χ3n) is 5.98. The Bertz CT molecular complexity index is 1100. The van der Waals surface area contributed by atoms with Crippen LogP contribution in [0.2, 0.25) is 5.02 Å². The predicted molar refractivity (Wildman–Crippen MR) is 111 cm³/mol. The zero-order valence-corrected chi connectivity index (χ0v) is 16.6. The molecule has 0 aliphatic carbocycles. The lowest BCUT2D eigenvalue weighted by Gasteiger charge is -2.43. The van der Waals surface area contributed by atoms with Crippen LogP contribution >= 0.6 is 11.6 Å². The highest BCUT2D eigenvalue weighted by atomic mass is 35.5. The molecule has 5 rings (SSSR count). The monoisotopic (exact) mass is 408 g/mol. The van der Waals surface area contributed by atoms with Crippen molar-refractivity contribution in [1.82, 2.24) is 19.4 Å². The molecule has 1 fully saturated rings. The lowest BCUT2D eigenvalue weighted by atomic mass is 9.82. The first-order valence-corrected chi connectivity index (χ1v) is 10.2. The number of aromatic amines is 1. The van der Waals surface area contributed by atoms with Crippen LogP contribution in [0.5, 0.6) is 0 Å². The summed E-state index contributed by atoms with van der Waals surface area (Å²) in [5.74, 6) is 1.21. The van der Waals surface area contributed by atoms with Gasteiger partial charge in [0.1, 0.15) is 5.82 Å². The first kappa shape index (κ1) is 18.2. The van der Waals surface area contributed by atoms with E-state index in [1.54, 1.807) is 12.4 Å². The Kier molecular flexibility index (Phi) is 4.51. The number of benzene rings is 1. The van der Waals surface area contributed by atoms with E-state index in [0.29, 0.717) is 48.4 Å². The SMILES string of the molecule is O=C(Cc1ccc(Cl)cc1)N1C[C@@H]2C[C@H](C1)c1ccc(-c3ncc[nH]3)c(=O)n1C2. The molecule has 2 bridgehead atoms. The third kappa shape index (κ3) is 3.38. The fourth-order valence-corrected chi connectivity index (χ4v) is 4.76. The lowest BCUT2D eigenvalue weighted by Crippen LogP contribution is -2.49. The molecular weight excluding hydrogens is 388 g/mol. The molecule has 1 N–H and O–H groups in total. The zero-order valence-electron chi connectivity index (χ0n) is 15.8. The summed E-state index contributed by atoms with van der Waals surface area (Å²) in [5.41, 5.74) is 2.57. The zero-order chi connectivity index (χ0) is 20.0. The van der Waals surface area contributed by atoms with Gasteiger partial charge < -0.3 is 14.5 Å². The maximum Gasteiger partial charge on any atom is 0.261 e. The summed E-state index contributed by atoms with van der Waals surface area (Å²) >= 11 is 5.94. The summed E-state index contributed by atoms with van der Waals surface area (Å²) in [7, 11) is 0. The second kappa shape index (κ2) is 7.19. The maximum absolute atomic E-state index is 13.0. The van der Waals surface area contributed by atoms with E-state index in [2.05, 4.69) is 9.97 Å². The molecule has 3 aromatic rings. The van der Waals surface area contributed by atoms with Gasteiger partial charge >= 0.3 is 0 Å². The van der Waals surface area contributed by atoms with E-state index in [1.165, 1.54) is 0 Å². The number of amides is 1. The van der Waals surface area contributed by atoms with E-state index in [1.807, 2.05) is 45.9 Å². The lowest BCUT2D eigenvalue weighted by molar-refractivity contribution is -0.133. The number of hydrogen-bond acceptors (Lipinski definition) is 3. The van der Waals surface area contributed by atoms with Gasteiger partial charge in [0.05, 0.1) is 12.0 Å². The average molecular weight is 409 g/mol. The van der Waals surface area contributed by atoms with Crippen LogP contribution in [0.15, 0.2) is 53.6 Å². The van der Waals surface area contributed by atoms with Crippen LogP contribution in [-0.4, -0.2) is 38.4 Å². The fourth-order valence-electron chi connectivity index (χ4n) is 4.63. The van der Waals surface area contributed by atoms with Crippen LogP contribution in [0.25, 0.3) is 11.4 Å². The van der Waals surface area contributed by atoms with Crippen LogP contribution in [0.3, 0.4) is 0 Å². The normalized spacial score (nSPS) is 20.4. The van der Waals surface area contributed by atoms with Crippen LogP contribution < -0.4 is 5.56 Å². The number of pyridine rings is 1. The molecule has 0 spiro atoms.